The van der Waals surface area contributed by atoms with Crippen LogP contribution in [0.1, 0.15) is 62.6 Å². The zero-order valence-corrected chi connectivity index (χ0v) is 23.1. The number of amides is 1. The average Bonchev–Trinajstić information content (AvgIpc) is 3.54. The van der Waals surface area contributed by atoms with E-state index in [1.54, 1.807) is 22.7 Å². The summed E-state index contributed by atoms with van der Waals surface area (Å²) in [7, 11) is 0. The third-order valence-corrected chi connectivity index (χ3v) is 6.73. The third kappa shape index (κ3) is 5.27. The zero-order valence-electron chi connectivity index (χ0n) is 23.1. The van der Waals surface area contributed by atoms with Gasteiger partial charge < -0.3 is 14.4 Å². The Hall–Kier alpha value is -4.65. The lowest BCUT2D eigenvalue weighted by atomic mass is 10.0. The molecule has 4 aromatic rings. The molecule has 1 aliphatic heterocycles. The second kappa shape index (κ2) is 10.8. The van der Waals surface area contributed by atoms with E-state index >= 15 is 0 Å². The summed E-state index contributed by atoms with van der Waals surface area (Å²) in [5, 5.41) is 20.4. The number of nitriles is 1. The van der Waals surface area contributed by atoms with Gasteiger partial charge in [-0.05, 0) is 64.8 Å². The summed E-state index contributed by atoms with van der Waals surface area (Å²) in [4.78, 5) is 27.6. The fraction of sp³-hybridized carbons (Fsp3) is 0.367. The maximum absolute atomic E-state index is 13.2. The Kier molecular flexibility index (Phi) is 7.30. The van der Waals surface area contributed by atoms with Crippen LogP contribution in [0.3, 0.4) is 0 Å². The summed E-state index contributed by atoms with van der Waals surface area (Å²) in [5.74, 6) is -0.620. The number of aromatic nitrogens is 4. The van der Waals surface area contributed by atoms with Crippen molar-refractivity contribution >= 4 is 23.0 Å². The molecule has 3 heterocycles. The molecule has 5 rings (SSSR count). The standard InChI is InChI=1S/C30H32N6O4/c1-5-39-28(37)27-24(17-31)26(33-36(27)23-12-9-15-34(19-23)29(38)40-30(2,3)4)20-13-14-25-21(16-20)18-32-35(25)22-10-7-6-8-11-22/h6-8,10-11,13-14,16,18,23H,5,9,12,15,19H2,1-4H3/t23-/m1/s1. The SMILES string of the molecule is CCOC(=O)c1c(C#N)c(-c2ccc3c(cnn3-c3ccccc3)c2)nn1[C@@H]1CCCN(C(=O)OC(C)(C)C)C1. The van der Waals surface area contributed by atoms with Crippen molar-refractivity contribution in [3.8, 4) is 23.0 Å². The van der Waals surface area contributed by atoms with Crippen LogP contribution in [-0.4, -0.2) is 61.8 Å². The molecule has 0 aliphatic carbocycles. The van der Waals surface area contributed by atoms with Crippen molar-refractivity contribution in [1.82, 2.24) is 24.5 Å². The highest BCUT2D eigenvalue weighted by Gasteiger charge is 2.34. The maximum Gasteiger partial charge on any atom is 0.410 e. The molecule has 1 amide bonds. The topological polar surface area (TPSA) is 115 Å². The molecular formula is C30H32N6O4. The van der Waals surface area contributed by atoms with E-state index in [1.807, 2.05) is 74.0 Å². The lowest BCUT2D eigenvalue weighted by Crippen LogP contribution is -2.44. The van der Waals surface area contributed by atoms with Crippen LogP contribution in [0.5, 0.6) is 0 Å². The summed E-state index contributed by atoms with van der Waals surface area (Å²) in [6, 6.07) is 17.4. The van der Waals surface area contributed by atoms with Crippen molar-refractivity contribution in [1.29, 1.82) is 5.26 Å². The van der Waals surface area contributed by atoms with Crippen molar-refractivity contribution in [2.24, 2.45) is 0 Å². The van der Waals surface area contributed by atoms with E-state index in [-0.39, 0.29) is 23.9 Å². The molecule has 10 heteroatoms. The second-order valence-electron chi connectivity index (χ2n) is 10.7. The predicted octanol–water partition coefficient (Wildman–Crippen LogP) is 5.51. The largest absolute Gasteiger partial charge is 0.461 e. The fourth-order valence-corrected chi connectivity index (χ4v) is 5.00. The van der Waals surface area contributed by atoms with Gasteiger partial charge in [0.15, 0.2) is 5.69 Å². The highest BCUT2D eigenvalue weighted by atomic mass is 16.6. The minimum Gasteiger partial charge on any atom is -0.461 e. The van der Waals surface area contributed by atoms with Gasteiger partial charge in [0.1, 0.15) is 22.9 Å². The Labute approximate surface area is 232 Å². The molecule has 1 atom stereocenters. The van der Waals surface area contributed by atoms with Gasteiger partial charge in [0.25, 0.3) is 0 Å². The molecule has 0 unspecified atom stereocenters. The molecule has 2 aromatic heterocycles. The highest BCUT2D eigenvalue weighted by Crippen LogP contribution is 2.33. The number of piperidine rings is 1. The van der Waals surface area contributed by atoms with Crippen LogP contribution in [0.4, 0.5) is 4.79 Å². The summed E-state index contributed by atoms with van der Waals surface area (Å²) in [5.41, 5.74) is 2.51. The van der Waals surface area contributed by atoms with E-state index in [1.165, 1.54) is 0 Å². The minimum atomic E-state index is -0.625. The third-order valence-electron chi connectivity index (χ3n) is 6.73. The minimum absolute atomic E-state index is 0.0930. The summed E-state index contributed by atoms with van der Waals surface area (Å²) in [6.07, 6.45) is 2.73. The summed E-state index contributed by atoms with van der Waals surface area (Å²) in [6.45, 7) is 8.19. The van der Waals surface area contributed by atoms with Gasteiger partial charge in [-0.15, -0.1) is 0 Å². The van der Waals surface area contributed by atoms with Gasteiger partial charge in [-0.3, -0.25) is 4.68 Å². The van der Waals surface area contributed by atoms with Gasteiger partial charge in [-0.2, -0.15) is 15.5 Å². The number of para-hydroxylation sites is 1. The molecular weight excluding hydrogens is 508 g/mol. The van der Waals surface area contributed by atoms with Gasteiger partial charge in [0, 0.05) is 24.0 Å². The van der Waals surface area contributed by atoms with Crippen LogP contribution in [0.25, 0.3) is 27.8 Å². The number of fused-ring (bicyclic) bond motifs is 1. The molecule has 1 saturated heterocycles. The Bertz CT molecular complexity index is 1590. The Balaban J connectivity index is 1.55. The molecule has 0 N–H and O–H groups in total. The first-order chi connectivity index (χ1) is 19.2. The van der Waals surface area contributed by atoms with Crippen LogP contribution in [-0.2, 0) is 9.47 Å². The number of likely N-dealkylation sites (tertiary alicyclic amines) is 1. The highest BCUT2D eigenvalue weighted by molar-refractivity contribution is 5.94. The Morgan fingerprint density at radius 2 is 1.93 bits per heavy atom. The number of benzene rings is 2. The van der Waals surface area contributed by atoms with E-state index < -0.39 is 17.7 Å². The lowest BCUT2D eigenvalue weighted by Gasteiger charge is -2.34. The van der Waals surface area contributed by atoms with E-state index in [2.05, 4.69) is 11.2 Å². The van der Waals surface area contributed by atoms with E-state index in [0.717, 1.165) is 16.6 Å². The van der Waals surface area contributed by atoms with Gasteiger partial charge in [-0.25, -0.2) is 14.3 Å². The maximum atomic E-state index is 13.2. The molecule has 0 saturated carbocycles. The number of nitrogens with zero attached hydrogens (tertiary/aromatic N) is 6. The molecule has 1 fully saturated rings. The van der Waals surface area contributed by atoms with E-state index in [9.17, 15) is 14.9 Å². The van der Waals surface area contributed by atoms with Crippen LogP contribution in [0, 0.1) is 11.3 Å². The Morgan fingerprint density at radius 3 is 2.62 bits per heavy atom. The average molecular weight is 541 g/mol. The first kappa shape index (κ1) is 26.9. The number of esters is 1. The van der Waals surface area contributed by atoms with Crippen molar-refractivity contribution in [3.63, 3.8) is 0 Å². The molecule has 1 aliphatic rings. The number of carbonyl (C=O) groups excluding carboxylic acids is 2. The quantitative estimate of drug-likeness (QED) is 0.307. The van der Waals surface area contributed by atoms with Crippen molar-refractivity contribution in [3.05, 3.63) is 66.0 Å². The lowest BCUT2D eigenvalue weighted by molar-refractivity contribution is 0.0165. The number of hydrogen-bond donors (Lipinski definition) is 0. The first-order valence-corrected chi connectivity index (χ1v) is 13.4. The van der Waals surface area contributed by atoms with Gasteiger partial charge in [0.2, 0.25) is 0 Å². The number of ether oxygens (including phenoxy) is 2. The van der Waals surface area contributed by atoms with Crippen LogP contribution in [0.2, 0.25) is 0 Å². The Morgan fingerprint density at radius 1 is 1.15 bits per heavy atom. The molecule has 10 nitrogen and oxygen atoms in total. The van der Waals surface area contributed by atoms with E-state index in [4.69, 9.17) is 14.6 Å². The van der Waals surface area contributed by atoms with Gasteiger partial charge >= 0.3 is 12.1 Å². The van der Waals surface area contributed by atoms with Crippen molar-refractivity contribution in [2.45, 2.75) is 52.2 Å². The molecule has 0 radical (unpaired) electrons. The first-order valence-electron chi connectivity index (χ1n) is 13.4. The van der Waals surface area contributed by atoms with Crippen LogP contribution in [0.15, 0.2) is 54.7 Å². The summed E-state index contributed by atoms with van der Waals surface area (Å²) < 4.78 is 14.3. The predicted molar refractivity (Wildman–Crippen MR) is 149 cm³/mol. The molecule has 206 valence electrons. The number of carbonyl (C=O) groups is 2. The van der Waals surface area contributed by atoms with Crippen molar-refractivity contribution in [2.75, 3.05) is 19.7 Å². The zero-order chi connectivity index (χ0) is 28.4. The molecule has 40 heavy (non-hydrogen) atoms. The molecule has 0 spiro atoms. The van der Waals surface area contributed by atoms with Crippen LogP contribution >= 0.6 is 0 Å². The normalized spacial score (nSPS) is 15.6. The summed E-state index contributed by atoms with van der Waals surface area (Å²) >= 11 is 0. The number of rotatable bonds is 5. The van der Waals surface area contributed by atoms with Gasteiger partial charge in [-0.1, -0.05) is 24.3 Å². The van der Waals surface area contributed by atoms with Gasteiger partial charge in [0.05, 0.1) is 30.0 Å². The van der Waals surface area contributed by atoms with Crippen LogP contribution < -0.4 is 0 Å². The second-order valence-corrected chi connectivity index (χ2v) is 10.7. The molecule has 2 aromatic carbocycles. The smallest absolute Gasteiger partial charge is 0.410 e. The molecule has 0 bridgehead atoms. The van der Waals surface area contributed by atoms with Crippen molar-refractivity contribution < 1.29 is 19.1 Å². The number of hydrogen-bond acceptors (Lipinski definition) is 7. The fourth-order valence-electron chi connectivity index (χ4n) is 5.00. The van der Waals surface area contributed by atoms with E-state index in [0.29, 0.717) is 37.2 Å². The monoisotopic (exact) mass is 540 g/mol.